The summed E-state index contributed by atoms with van der Waals surface area (Å²) >= 11 is 0. The number of rotatable bonds is 11. The van der Waals surface area contributed by atoms with Gasteiger partial charge < -0.3 is 14.6 Å². The Bertz CT molecular complexity index is 887. The van der Waals surface area contributed by atoms with Crippen molar-refractivity contribution in [1.29, 1.82) is 0 Å². The number of hydrogen-bond donors (Lipinski definition) is 1. The second-order valence-corrected chi connectivity index (χ2v) is 7.07. The van der Waals surface area contributed by atoms with Crippen molar-refractivity contribution in [3.63, 3.8) is 0 Å². The third-order valence-electron chi connectivity index (χ3n) is 5.18. The zero-order valence-electron chi connectivity index (χ0n) is 16.7. The fourth-order valence-electron chi connectivity index (χ4n) is 3.36. The van der Waals surface area contributed by atoms with Crippen LogP contribution in [0.2, 0.25) is 0 Å². The molecule has 3 rings (SSSR count). The van der Waals surface area contributed by atoms with Gasteiger partial charge in [-0.05, 0) is 48.6 Å². The lowest BCUT2D eigenvalue weighted by molar-refractivity contribution is -0.109. The van der Waals surface area contributed by atoms with Gasteiger partial charge in [0.15, 0.2) is 0 Å². The third kappa shape index (κ3) is 4.91. The number of fused-ring (bicyclic) bond motifs is 1. The molecule has 0 radical (unpaired) electrons. The van der Waals surface area contributed by atoms with Gasteiger partial charge in [-0.15, -0.1) is 0 Å². The first-order valence-corrected chi connectivity index (χ1v) is 10.1. The molecule has 0 unspecified atom stereocenters. The predicted molar refractivity (Wildman–Crippen MR) is 113 cm³/mol. The summed E-state index contributed by atoms with van der Waals surface area (Å²) in [5.74, 6) is 2.50. The number of carbonyl (C=O) groups excluding carboxylic acids is 1. The summed E-state index contributed by atoms with van der Waals surface area (Å²) in [7, 11) is 0. The van der Waals surface area contributed by atoms with Crippen molar-refractivity contribution in [1.82, 2.24) is 14.9 Å². The van der Waals surface area contributed by atoms with Gasteiger partial charge in [-0.2, -0.15) is 0 Å². The molecule has 0 bridgehead atoms. The molecule has 0 saturated carbocycles. The highest BCUT2D eigenvalue weighted by Gasteiger charge is 2.10. The Morgan fingerprint density at radius 3 is 2.71 bits per heavy atom. The summed E-state index contributed by atoms with van der Waals surface area (Å²) < 4.78 is 8.21. The number of aromatic nitrogens is 2. The maximum absolute atomic E-state index is 10.4. The van der Waals surface area contributed by atoms with Crippen LogP contribution in [0.5, 0.6) is 5.75 Å². The number of carbonyl (C=O) groups is 1. The number of benzene rings is 2. The molecular formula is C23H29N3O2. The van der Waals surface area contributed by atoms with Crippen LogP contribution in [0.4, 0.5) is 0 Å². The topological polar surface area (TPSA) is 56.1 Å². The first kappa shape index (κ1) is 19.9. The summed E-state index contributed by atoms with van der Waals surface area (Å²) in [5.41, 5.74) is 3.47. The second kappa shape index (κ2) is 9.93. The molecule has 2 aromatic carbocycles. The summed E-state index contributed by atoms with van der Waals surface area (Å²) in [4.78, 5) is 15.2. The molecule has 0 spiro atoms. The van der Waals surface area contributed by atoms with Gasteiger partial charge in [0.05, 0.1) is 17.6 Å². The number of imidazole rings is 1. The lowest BCUT2D eigenvalue weighted by Crippen LogP contribution is -2.15. The van der Waals surface area contributed by atoms with E-state index < -0.39 is 0 Å². The monoisotopic (exact) mass is 379 g/mol. The van der Waals surface area contributed by atoms with Gasteiger partial charge in [-0.25, -0.2) is 4.98 Å². The van der Waals surface area contributed by atoms with Gasteiger partial charge in [-0.1, -0.05) is 38.1 Å². The molecular weight excluding hydrogens is 350 g/mol. The molecule has 1 atom stereocenters. The zero-order valence-corrected chi connectivity index (χ0v) is 16.7. The van der Waals surface area contributed by atoms with E-state index in [-0.39, 0.29) is 0 Å². The lowest BCUT2D eigenvalue weighted by atomic mass is 9.99. The van der Waals surface area contributed by atoms with Gasteiger partial charge in [0.25, 0.3) is 0 Å². The van der Waals surface area contributed by atoms with Gasteiger partial charge in [-0.3, -0.25) is 4.79 Å². The van der Waals surface area contributed by atoms with E-state index in [1.54, 1.807) is 0 Å². The lowest BCUT2D eigenvalue weighted by Gasteiger charge is -2.12. The highest BCUT2D eigenvalue weighted by atomic mass is 16.5. The smallest absolute Gasteiger partial charge is 0.207 e. The normalized spacial score (nSPS) is 12.1. The number of aryl methyl sites for hydroxylation is 1. The Balaban J connectivity index is 1.64. The number of nitrogens with zero attached hydrogens (tertiary/aromatic N) is 2. The summed E-state index contributed by atoms with van der Waals surface area (Å²) in [6.07, 6.45) is 3.56. The van der Waals surface area contributed by atoms with E-state index >= 15 is 0 Å². The van der Waals surface area contributed by atoms with E-state index in [2.05, 4.69) is 54.1 Å². The minimum atomic E-state index is 0.572. The fourth-order valence-corrected chi connectivity index (χ4v) is 3.36. The molecule has 5 heteroatoms. The molecule has 5 nitrogen and oxygen atoms in total. The molecule has 0 fully saturated rings. The maximum Gasteiger partial charge on any atom is 0.207 e. The SMILES string of the molecule is CC[C@@H](C)c1ccc(OCCn2c(CCCNC=O)nc3ccccc32)cc1. The van der Waals surface area contributed by atoms with E-state index in [4.69, 9.17) is 9.72 Å². The molecule has 28 heavy (non-hydrogen) atoms. The minimum absolute atomic E-state index is 0.572. The first-order valence-electron chi connectivity index (χ1n) is 10.1. The van der Waals surface area contributed by atoms with Crippen LogP contribution >= 0.6 is 0 Å². The van der Waals surface area contributed by atoms with Gasteiger partial charge in [0.2, 0.25) is 6.41 Å². The highest BCUT2D eigenvalue weighted by molar-refractivity contribution is 5.75. The molecule has 0 aliphatic rings. The molecule has 0 aliphatic carbocycles. The predicted octanol–water partition coefficient (Wildman–Crippen LogP) is 4.31. The fraction of sp³-hybridized carbons (Fsp3) is 0.391. The van der Waals surface area contributed by atoms with Crippen LogP contribution in [0, 0.1) is 0 Å². The van der Waals surface area contributed by atoms with Crippen LogP contribution in [-0.2, 0) is 17.8 Å². The van der Waals surface area contributed by atoms with Crippen molar-refractivity contribution in [2.75, 3.05) is 13.2 Å². The molecule has 3 aromatic rings. The van der Waals surface area contributed by atoms with Crippen molar-refractivity contribution in [3.05, 3.63) is 59.9 Å². The van der Waals surface area contributed by atoms with Crippen molar-refractivity contribution >= 4 is 17.4 Å². The van der Waals surface area contributed by atoms with E-state index in [1.165, 1.54) is 5.56 Å². The van der Waals surface area contributed by atoms with Crippen molar-refractivity contribution in [2.45, 2.75) is 45.6 Å². The van der Waals surface area contributed by atoms with E-state index in [1.807, 2.05) is 18.2 Å². The number of ether oxygens (including phenoxy) is 1. The van der Waals surface area contributed by atoms with E-state index in [0.29, 0.717) is 19.1 Å². The van der Waals surface area contributed by atoms with E-state index in [0.717, 1.165) is 54.8 Å². The average Bonchev–Trinajstić information content (AvgIpc) is 3.09. The van der Waals surface area contributed by atoms with Gasteiger partial charge >= 0.3 is 0 Å². The van der Waals surface area contributed by atoms with Crippen molar-refractivity contribution < 1.29 is 9.53 Å². The summed E-state index contributed by atoms with van der Waals surface area (Å²) in [6, 6.07) is 16.6. The Labute approximate surface area is 166 Å². The highest BCUT2D eigenvalue weighted by Crippen LogP contribution is 2.22. The third-order valence-corrected chi connectivity index (χ3v) is 5.18. The molecule has 0 aliphatic heterocycles. The number of hydrogen-bond acceptors (Lipinski definition) is 3. The van der Waals surface area contributed by atoms with Crippen LogP contribution in [0.1, 0.15) is 44.0 Å². The van der Waals surface area contributed by atoms with Crippen LogP contribution in [-0.4, -0.2) is 29.1 Å². The number of amides is 1. The Morgan fingerprint density at radius 2 is 1.96 bits per heavy atom. The molecule has 1 heterocycles. The Hall–Kier alpha value is -2.82. The summed E-state index contributed by atoms with van der Waals surface area (Å²) in [5, 5.41) is 2.71. The Morgan fingerprint density at radius 1 is 1.18 bits per heavy atom. The second-order valence-electron chi connectivity index (χ2n) is 7.07. The quantitative estimate of drug-likeness (QED) is 0.399. The molecule has 1 aromatic heterocycles. The van der Waals surface area contributed by atoms with Crippen LogP contribution in [0.3, 0.4) is 0 Å². The zero-order chi connectivity index (χ0) is 19.8. The molecule has 1 amide bonds. The van der Waals surface area contributed by atoms with Crippen molar-refractivity contribution in [2.24, 2.45) is 0 Å². The van der Waals surface area contributed by atoms with Crippen LogP contribution in [0.25, 0.3) is 11.0 Å². The van der Waals surface area contributed by atoms with Crippen LogP contribution < -0.4 is 10.1 Å². The van der Waals surface area contributed by atoms with Crippen LogP contribution in [0.15, 0.2) is 48.5 Å². The standard InChI is InChI=1S/C23H29N3O2/c1-3-18(2)19-10-12-20(13-11-19)28-16-15-26-22-8-5-4-7-21(22)25-23(26)9-6-14-24-17-27/h4-5,7-8,10-13,17-18H,3,6,9,14-16H2,1-2H3,(H,24,27)/t18-/m1/s1. The first-order chi connectivity index (χ1) is 13.7. The maximum atomic E-state index is 10.4. The van der Waals surface area contributed by atoms with Gasteiger partial charge in [0, 0.05) is 13.0 Å². The number of nitrogens with one attached hydrogen (secondary N) is 1. The molecule has 1 N–H and O–H groups in total. The van der Waals surface area contributed by atoms with Crippen molar-refractivity contribution in [3.8, 4) is 5.75 Å². The van der Waals surface area contributed by atoms with Gasteiger partial charge in [0.1, 0.15) is 18.2 Å². The van der Waals surface area contributed by atoms with E-state index in [9.17, 15) is 4.79 Å². The largest absolute Gasteiger partial charge is 0.492 e. The summed E-state index contributed by atoms with van der Waals surface area (Å²) in [6.45, 7) is 6.43. The number of para-hydroxylation sites is 2. The molecule has 148 valence electrons. The molecule has 0 saturated heterocycles. The Kier molecular flexibility index (Phi) is 7.06. The minimum Gasteiger partial charge on any atom is -0.492 e. The average molecular weight is 380 g/mol.